The number of aryl methyl sites for hydroxylation is 1. The molecule has 0 aliphatic carbocycles. The van der Waals surface area contributed by atoms with Gasteiger partial charge in [0.1, 0.15) is 0 Å². The van der Waals surface area contributed by atoms with Crippen LogP contribution in [0.3, 0.4) is 0 Å². The molecule has 1 rings (SSSR count). The van der Waals surface area contributed by atoms with E-state index < -0.39 is 0 Å². The van der Waals surface area contributed by atoms with Crippen molar-refractivity contribution in [3.63, 3.8) is 0 Å². The molecule has 0 aromatic heterocycles. The molecular formula is C8H7Cl2I. The Morgan fingerprint density at radius 1 is 1.27 bits per heavy atom. The number of benzene rings is 1. The van der Waals surface area contributed by atoms with Gasteiger partial charge in [-0.15, -0.1) is 0 Å². The van der Waals surface area contributed by atoms with Crippen LogP contribution in [0.1, 0.15) is 12.5 Å². The lowest BCUT2D eigenvalue weighted by molar-refractivity contribution is 1.14. The normalized spacial score (nSPS) is 10.2. The fourth-order valence-electron chi connectivity index (χ4n) is 0.839. The molecule has 0 nitrogen and oxygen atoms in total. The van der Waals surface area contributed by atoms with Crippen LogP contribution in [0.15, 0.2) is 12.1 Å². The van der Waals surface area contributed by atoms with E-state index in [1.54, 1.807) is 0 Å². The molecule has 0 atom stereocenters. The van der Waals surface area contributed by atoms with Gasteiger partial charge in [-0.1, -0.05) is 36.2 Å². The van der Waals surface area contributed by atoms with Crippen molar-refractivity contribution in [3.05, 3.63) is 31.3 Å². The lowest BCUT2D eigenvalue weighted by atomic mass is 10.2. The zero-order chi connectivity index (χ0) is 8.43. The molecule has 0 bridgehead atoms. The van der Waals surface area contributed by atoms with Gasteiger partial charge < -0.3 is 0 Å². The van der Waals surface area contributed by atoms with E-state index in [9.17, 15) is 0 Å². The first-order valence-electron chi connectivity index (χ1n) is 3.29. The first-order chi connectivity index (χ1) is 5.16. The fourth-order valence-corrected chi connectivity index (χ4v) is 1.93. The molecule has 11 heavy (non-hydrogen) atoms. The Morgan fingerprint density at radius 2 is 1.91 bits per heavy atom. The Morgan fingerprint density at radius 3 is 2.45 bits per heavy atom. The number of rotatable bonds is 1. The zero-order valence-electron chi connectivity index (χ0n) is 6.00. The van der Waals surface area contributed by atoms with Crippen LogP contribution in [0.2, 0.25) is 10.0 Å². The topological polar surface area (TPSA) is 0 Å². The second-order valence-electron chi connectivity index (χ2n) is 2.19. The third kappa shape index (κ3) is 2.01. The molecule has 0 aliphatic rings. The summed E-state index contributed by atoms with van der Waals surface area (Å²) in [7, 11) is 0. The maximum atomic E-state index is 5.96. The van der Waals surface area contributed by atoms with Gasteiger partial charge in [-0.3, -0.25) is 0 Å². The molecule has 1 aromatic carbocycles. The smallest absolute Gasteiger partial charge is 0.0728 e. The van der Waals surface area contributed by atoms with E-state index in [-0.39, 0.29) is 0 Å². The van der Waals surface area contributed by atoms with Gasteiger partial charge in [0, 0.05) is 3.57 Å². The molecule has 0 amide bonds. The zero-order valence-corrected chi connectivity index (χ0v) is 9.67. The fraction of sp³-hybridized carbons (Fsp3) is 0.250. The highest BCUT2D eigenvalue weighted by molar-refractivity contribution is 14.1. The Hall–Kier alpha value is 0.530. The van der Waals surface area contributed by atoms with Crippen molar-refractivity contribution in [2.75, 3.05) is 0 Å². The molecule has 0 unspecified atom stereocenters. The quantitative estimate of drug-likeness (QED) is 0.540. The Balaban J connectivity index is 3.25. The van der Waals surface area contributed by atoms with Crippen LogP contribution in [-0.2, 0) is 6.42 Å². The van der Waals surface area contributed by atoms with Gasteiger partial charge in [-0.25, -0.2) is 0 Å². The van der Waals surface area contributed by atoms with Crippen molar-refractivity contribution >= 4 is 45.8 Å². The molecular weight excluding hydrogens is 294 g/mol. The maximum Gasteiger partial charge on any atom is 0.0728 e. The van der Waals surface area contributed by atoms with Crippen molar-refractivity contribution in [3.8, 4) is 0 Å². The van der Waals surface area contributed by atoms with Crippen LogP contribution in [0.25, 0.3) is 0 Å². The van der Waals surface area contributed by atoms with Gasteiger partial charge >= 0.3 is 0 Å². The van der Waals surface area contributed by atoms with Gasteiger partial charge in [-0.05, 0) is 40.6 Å². The average Bonchev–Trinajstić information content (AvgIpc) is 2.01. The lowest BCUT2D eigenvalue weighted by Crippen LogP contribution is -1.84. The summed E-state index contributed by atoms with van der Waals surface area (Å²) in [6.45, 7) is 2.06. The third-order valence-corrected chi connectivity index (χ3v) is 3.63. The summed E-state index contributed by atoms with van der Waals surface area (Å²) in [4.78, 5) is 0. The molecule has 0 aliphatic heterocycles. The molecule has 0 spiro atoms. The van der Waals surface area contributed by atoms with Gasteiger partial charge in [0.25, 0.3) is 0 Å². The second kappa shape index (κ2) is 3.97. The molecule has 0 saturated carbocycles. The highest BCUT2D eigenvalue weighted by Gasteiger charge is 2.05. The van der Waals surface area contributed by atoms with E-state index in [0.29, 0.717) is 10.0 Å². The van der Waals surface area contributed by atoms with Gasteiger partial charge in [0.05, 0.1) is 10.0 Å². The minimum absolute atomic E-state index is 0.673. The molecule has 0 N–H and O–H groups in total. The highest BCUT2D eigenvalue weighted by Crippen LogP contribution is 2.30. The van der Waals surface area contributed by atoms with Gasteiger partial charge in [0.2, 0.25) is 0 Å². The minimum atomic E-state index is 0.673. The minimum Gasteiger partial charge on any atom is -0.0824 e. The molecule has 0 saturated heterocycles. The van der Waals surface area contributed by atoms with Gasteiger partial charge in [-0.2, -0.15) is 0 Å². The second-order valence-corrected chi connectivity index (χ2v) is 4.11. The molecule has 60 valence electrons. The van der Waals surface area contributed by atoms with Crippen LogP contribution in [0.4, 0.5) is 0 Å². The summed E-state index contributed by atoms with van der Waals surface area (Å²) in [5.74, 6) is 0. The molecule has 3 heteroatoms. The maximum absolute atomic E-state index is 5.96. The van der Waals surface area contributed by atoms with Crippen LogP contribution in [0.5, 0.6) is 0 Å². The SMILES string of the molecule is CCc1ccc(I)c(Cl)c1Cl. The number of hydrogen-bond donors (Lipinski definition) is 0. The lowest BCUT2D eigenvalue weighted by Gasteiger charge is -2.03. The van der Waals surface area contributed by atoms with Crippen molar-refractivity contribution in [1.29, 1.82) is 0 Å². The van der Waals surface area contributed by atoms with E-state index in [4.69, 9.17) is 23.2 Å². The van der Waals surface area contributed by atoms with Gasteiger partial charge in [0.15, 0.2) is 0 Å². The predicted octanol–water partition coefficient (Wildman–Crippen LogP) is 4.16. The molecule has 0 fully saturated rings. The molecule has 1 aromatic rings. The van der Waals surface area contributed by atoms with E-state index in [0.717, 1.165) is 15.6 Å². The van der Waals surface area contributed by atoms with Crippen molar-refractivity contribution in [2.45, 2.75) is 13.3 Å². The summed E-state index contributed by atoms with van der Waals surface area (Å²) in [6.07, 6.45) is 0.926. The summed E-state index contributed by atoms with van der Waals surface area (Å²) in [5.41, 5.74) is 1.11. The Labute approximate surface area is 90.0 Å². The predicted molar refractivity (Wildman–Crippen MR) is 58.6 cm³/mol. The van der Waals surface area contributed by atoms with Crippen LogP contribution in [0, 0.1) is 3.57 Å². The molecule has 0 heterocycles. The van der Waals surface area contributed by atoms with Crippen molar-refractivity contribution < 1.29 is 0 Å². The van der Waals surface area contributed by atoms with Crippen molar-refractivity contribution in [2.24, 2.45) is 0 Å². The van der Waals surface area contributed by atoms with Crippen LogP contribution >= 0.6 is 45.8 Å². The Bertz CT molecular complexity index is 271. The molecule has 0 radical (unpaired) electrons. The number of hydrogen-bond acceptors (Lipinski definition) is 0. The largest absolute Gasteiger partial charge is 0.0824 e. The summed E-state index contributed by atoms with van der Waals surface area (Å²) in [5, 5.41) is 1.37. The standard InChI is InChI=1S/C8H7Cl2I/c1-2-5-3-4-6(11)8(10)7(5)9/h3-4H,2H2,1H3. The first kappa shape index (κ1) is 9.62. The summed E-state index contributed by atoms with van der Waals surface area (Å²) >= 11 is 14.1. The average molecular weight is 301 g/mol. The monoisotopic (exact) mass is 300 g/mol. The summed E-state index contributed by atoms with van der Waals surface area (Å²) < 4.78 is 1.01. The van der Waals surface area contributed by atoms with E-state index in [1.807, 2.05) is 12.1 Å². The first-order valence-corrected chi connectivity index (χ1v) is 5.12. The van der Waals surface area contributed by atoms with E-state index in [1.165, 1.54) is 0 Å². The van der Waals surface area contributed by atoms with Crippen molar-refractivity contribution in [1.82, 2.24) is 0 Å². The van der Waals surface area contributed by atoms with E-state index >= 15 is 0 Å². The summed E-state index contributed by atoms with van der Waals surface area (Å²) in [6, 6.07) is 3.99. The van der Waals surface area contributed by atoms with Crippen LogP contribution in [-0.4, -0.2) is 0 Å². The Kier molecular flexibility index (Phi) is 3.47. The highest BCUT2D eigenvalue weighted by atomic mass is 127. The number of halogens is 3. The third-order valence-electron chi connectivity index (χ3n) is 1.50. The van der Waals surface area contributed by atoms with Crippen LogP contribution < -0.4 is 0 Å². The van der Waals surface area contributed by atoms with E-state index in [2.05, 4.69) is 29.5 Å².